The van der Waals surface area contributed by atoms with Gasteiger partial charge in [0.1, 0.15) is 28.7 Å². The van der Waals surface area contributed by atoms with E-state index in [9.17, 15) is 13.6 Å². The van der Waals surface area contributed by atoms with Gasteiger partial charge in [-0.3, -0.25) is 9.69 Å². The van der Waals surface area contributed by atoms with Crippen molar-refractivity contribution in [3.63, 3.8) is 0 Å². The highest BCUT2D eigenvalue weighted by Crippen LogP contribution is 2.41. The molecule has 4 aliphatic rings. The van der Waals surface area contributed by atoms with Crippen molar-refractivity contribution >= 4 is 43.4 Å². The smallest absolute Gasteiger partial charge is 0.318 e. The van der Waals surface area contributed by atoms with Gasteiger partial charge in [-0.25, -0.2) is 18.2 Å². The van der Waals surface area contributed by atoms with E-state index in [4.69, 9.17) is 10.5 Å². The topological polar surface area (TPSA) is 114 Å². The van der Waals surface area contributed by atoms with Crippen LogP contribution in [0, 0.1) is 17.0 Å². The minimum atomic E-state index is -0.713. The highest BCUT2D eigenvalue weighted by Gasteiger charge is 2.49. The van der Waals surface area contributed by atoms with E-state index in [2.05, 4.69) is 25.2 Å². The quantitative estimate of drug-likeness (QED) is 0.339. The molecule has 2 atom stereocenters. The molecule has 7 heterocycles. The lowest BCUT2D eigenvalue weighted by atomic mass is 9.74. The number of methoxy groups -OCH3 is 1. The summed E-state index contributed by atoms with van der Waals surface area (Å²) in [6, 6.07) is 3.24. The van der Waals surface area contributed by atoms with E-state index in [-0.39, 0.29) is 55.5 Å². The first-order chi connectivity index (χ1) is 21.2. The van der Waals surface area contributed by atoms with Gasteiger partial charge in [0.25, 0.3) is 5.56 Å². The van der Waals surface area contributed by atoms with E-state index in [0.717, 1.165) is 37.4 Å². The van der Waals surface area contributed by atoms with Crippen LogP contribution in [0.15, 0.2) is 16.9 Å². The molecular formula is C30H35F3N8O2S. The summed E-state index contributed by atoms with van der Waals surface area (Å²) in [4.78, 5) is 31.1. The third-order valence-electron chi connectivity index (χ3n) is 9.22. The molecule has 234 valence electrons. The molecule has 14 heteroatoms. The molecule has 1 aromatic carbocycles. The number of rotatable bonds is 5. The Kier molecular flexibility index (Phi) is 7.40. The average Bonchev–Trinajstić information content (AvgIpc) is 3.66. The fraction of sp³-hybridized carbons (Fsp3) is 0.533. The van der Waals surface area contributed by atoms with Gasteiger partial charge in [0.2, 0.25) is 0 Å². The van der Waals surface area contributed by atoms with Gasteiger partial charge in [-0.1, -0.05) is 18.3 Å². The summed E-state index contributed by atoms with van der Waals surface area (Å²) in [6.07, 6.45) is 3.39. The Hall–Kier alpha value is -3.49. The first-order valence-electron chi connectivity index (χ1n) is 15.1. The molecule has 0 radical (unpaired) electrons. The highest BCUT2D eigenvalue weighted by atomic mass is 32.1. The molecule has 10 nitrogen and oxygen atoms in total. The maximum atomic E-state index is 16.4. The van der Waals surface area contributed by atoms with Crippen LogP contribution in [0.3, 0.4) is 0 Å². The van der Waals surface area contributed by atoms with E-state index in [1.807, 2.05) is 11.8 Å². The molecule has 4 aromatic rings. The number of anilines is 2. The number of pyridine rings is 1. The SMILES string of the molecule is CCCn1c(-c2ccc(F)c3sc(N)nc23)c(F)c2nc(OC)nc(N3CC4(CNC4)C3)c2c1=O.FC1CC2CCCN2C1. The van der Waals surface area contributed by atoms with Gasteiger partial charge in [-0.15, -0.1) is 0 Å². The predicted molar refractivity (Wildman–Crippen MR) is 165 cm³/mol. The van der Waals surface area contributed by atoms with Crippen molar-refractivity contribution < 1.29 is 17.9 Å². The molecule has 4 fully saturated rings. The van der Waals surface area contributed by atoms with Crippen molar-refractivity contribution in [2.75, 3.05) is 57.0 Å². The summed E-state index contributed by atoms with van der Waals surface area (Å²) in [5.41, 5.74) is 5.94. The van der Waals surface area contributed by atoms with Crippen LogP contribution in [-0.2, 0) is 6.54 Å². The number of benzene rings is 1. The number of halogens is 3. The molecule has 8 rings (SSSR count). The number of nitrogens with two attached hydrogens (primary N) is 1. The fourth-order valence-corrected chi connectivity index (χ4v) is 7.86. The Morgan fingerprint density at radius 2 is 1.98 bits per heavy atom. The van der Waals surface area contributed by atoms with Gasteiger partial charge in [0, 0.05) is 56.3 Å². The van der Waals surface area contributed by atoms with E-state index in [1.165, 1.54) is 36.7 Å². The Morgan fingerprint density at radius 1 is 1.18 bits per heavy atom. The molecular weight excluding hydrogens is 593 g/mol. The fourth-order valence-electron chi connectivity index (χ4n) is 7.10. The Labute approximate surface area is 256 Å². The van der Waals surface area contributed by atoms with E-state index in [1.54, 1.807) is 0 Å². The number of ether oxygens (including phenoxy) is 1. The summed E-state index contributed by atoms with van der Waals surface area (Å²) in [5, 5.41) is 3.54. The molecule has 0 aliphatic carbocycles. The second-order valence-electron chi connectivity index (χ2n) is 12.3. The van der Waals surface area contributed by atoms with Crippen LogP contribution in [0.25, 0.3) is 32.4 Å². The molecule has 44 heavy (non-hydrogen) atoms. The van der Waals surface area contributed by atoms with Crippen LogP contribution in [0.4, 0.5) is 24.1 Å². The monoisotopic (exact) mass is 628 g/mol. The minimum Gasteiger partial charge on any atom is -0.467 e. The maximum Gasteiger partial charge on any atom is 0.318 e. The van der Waals surface area contributed by atoms with Gasteiger partial charge < -0.3 is 25.3 Å². The molecule has 1 spiro atoms. The Bertz CT molecular complexity index is 1790. The van der Waals surface area contributed by atoms with Crippen molar-refractivity contribution in [2.45, 2.75) is 51.4 Å². The summed E-state index contributed by atoms with van der Waals surface area (Å²) in [6.45, 7) is 7.23. The van der Waals surface area contributed by atoms with Gasteiger partial charge in [0.15, 0.2) is 10.9 Å². The van der Waals surface area contributed by atoms with Crippen LogP contribution in [0.2, 0.25) is 0 Å². The van der Waals surface area contributed by atoms with E-state index in [0.29, 0.717) is 37.9 Å². The van der Waals surface area contributed by atoms with E-state index >= 15 is 4.39 Å². The second-order valence-corrected chi connectivity index (χ2v) is 13.3. The van der Waals surface area contributed by atoms with Gasteiger partial charge in [0.05, 0.1) is 23.0 Å². The van der Waals surface area contributed by atoms with Gasteiger partial charge in [-0.2, -0.15) is 9.97 Å². The summed E-state index contributed by atoms with van der Waals surface area (Å²) >= 11 is 0.975. The third kappa shape index (κ3) is 4.78. The first kappa shape index (κ1) is 29.2. The number of alkyl halides is 1. The molecule has 4 aliphatic heterocycles. The third-order valence-corrected chi connectivity index (χ3v) is 10.1. The predicted octanol–water partition coefficient (Wildman–Crippen LogP) is 3.95. The van der Waals surface area contributed by atoms with Crippen molar-refractivity contribution in [1.29, 1.82) is 0 Å². The average molecular weight is 629 g/mol. The first-order valence-corrected chi connectivity index (χ1v) is 15.9. The lowest BCUT2D eigenvalue weighted by Gasteiger charge is -2.56. The summed E-state index contributed by atoms with van der Waals surface area (Å²) in [7, 11) is 1.40. The molecule has 3 aromatic heterocycles. The molecule has 2 unspecified atom stereocenters. The normalized spacial score (nSPS) is 22.2. The number of nitrogens with one attached hydrogen (secondary N) is 1. The lowest BCUT2D eigenvalue weighted by Crippen LogP contribution is -2.71. The van der Waals surface area contributed by atoms with Gasteiger partial charge in [-0.05, 0) is 44.4 Å². The minimum absolute atomic E-state index is 0.00498. The number of thiazole rings is 1. The van der Waals surface area contributed by atoms with Crippen LogP contribution >= 0.6 is 11.3 Å². The van der Waals surface area contributed by atoms with Crippen molar-refractivity contribution in [2.24, 2.45) is 5.41 Å². The summed E-state index contributed by atoms with van der Waals surface area (Å²) in [5.74, 6) is -0.853. The zero-order valence-electron chi connectivity index (χ0n) is 24.7. The Morgan fingerprint density at radius 3 is 2.66 bits per heavy atom. The van der Waals surface area contributed by atoms with Crippen molar-refractivity contribution in [1.82, 2.24) is 29.7 Å². The zero-order chi connectivity index (χ0) is 30.7. The van der Waals surface area contributed by atoms with Gasteiger partial charge >= 0.3 is 6.01 Å². The summed E-state index contributed by atoms with van der Waals surface area (Å²) < 4.78 is 50.3. The number of fused-ring (bicyclic) bond motifs is 3. The molecule has 0 amide bonds. The Balaban J connectivity index is 0.000000296. The molecule has 3 N–H and O–H groups in total. The number of hydrogen-bond donors (Lipinski definition) is 2. The van der Waals surface area contributed by atoms with Crippen molar-refractivity contribution in [3.05, 3.63) is 34.1 Å². The molecule has 0 bridgehead atoms. The largest absolute Gasteiger partial charge is 0.467 e. The number of nitrogen functional groups attached to an aromatic ring is 1. The van der Waals surface area contributed by atoms with Crippen LogP contribution in [-0.4, -0.2) is 83.0 Å². The lowest BCUT2D eigenvalue weighted by molar-refractivity contribution is 0.120. The van der Waals surface area contributed by atoms with Crippen LogP contribution < -0.4 is 26.2 Å². The maximum absolute atomic E-state index is 16.4. The standard InChI is InChI=1S/C23H23F2N7O2S.C7H12FN/c1-3-6-32-17(11-4-5-12(24)18-15(11)28-21(26)35-18)14(25)16-13(20(32)33)19(30-22(29-16)34-2)31-9-23(10-31)7-27-8-23;8-6-4-7-2-1-3-9(7)5-6/h4-5,27H,3,6-10H2,1-2H3,(H2,26,28);6-7H,1-5H2. The molecule has 4 saturated heterocycles. The van der Waals surface area contributed by atoms with Crippen LogP contribution in [0.5, 0.6) is 6.01 Å². The zero-order valence-corrected chi connectivity index (χ0v) is 25.5. The number of aromatic nitrogens is 4. The van der Waals surface area contributed by atoms with Crippen LogP contribution in [0.1, 0.15) is 32.6 Å². The van der Waals surface area contributed by atoms with Crippen molar-refractivity contribution in [3.8, 4) is 17.3 Å². The second kappa shape index (κ2) is 11.1. The molecule has 0 saturated carbocycles. The van der Waals surface area contributed by atoms with E-state index < -0.39 is 23.4 Å². The number of nitrogens with zero attached hydrogens (tertiary/aromatic N) is 6. The highest BCUT2D eigenvalue weighted by molar-refractivity contribution is 7.22. The number of hydrogen-bond acceptors (Lipinski definition) is 10.